The zero-order chi connectivity index (χ0) is 19.7. The minimum atomic E-state index is -0.816. The van der Waals surface area contributed by atoms with Crippen LogP contribution in [0.2, 0.25) is 0 Å². The summed E-state index contributed by atoms with van der Waals surface area (Å²) in [5.41, 5.74) is 0.776. The van der Waals surface area contributed by atoms with E-state index in [1.165, 1.54) is 0 Å². The number of hydrogen-bond donors (Lipinski definition) is 1. The Kier molecular flexibility index (Phi) is 3.93. The van der Waals surface area contributed by atoms with Crippen LogP contribution in [0.25, 0.3) is 0 Å². The maximum atomic E-state index is 13.2. The summed E-state index contributed by atoms with van der Waals surface area (Å²) in [5.74, 6) is 0.390. The normalized spacial score (nSPS) is 39.0. The first kappa shape index (κ1) is 18.2. The first-order valence-corrected chi connectivity index (χ1v) is 10.6. The van der Waals surface area contributed by atoms with E-state index in [2.05, 4.69) is 0 Å². The van der Waals surface area contributed by atoms with Crippen LogP contribution in [0.3, 0.4) is 0 Å². The predicted octanol–water partition coefficient (Wildman–Crippen LogP) is 3.23. The number of carbonyl (C=O) groups is 2. The van der Waals surface area contributed by atoms with Gasteiger partial charge in [0.1, 0.15) is 0 Å². The average Bonchev–Trinajstić information content (AvgIpc) is 2.94. The summed E-state index contributed by atoms with van der Waals surface area (Å²) in [7, 11) is 0. The molecule has 0 spiro atoms. The summed E-state index contributed by atoms with van der Waals surface area (Å²) >= 11 is 0. The van der Waals surface area contributed by atoms with Gasteiger partial charge in [0.05, 0.1) is 11.0 Å². The highest BCUT2D eigenvalue weighted by Gasteiger charge is 2.61. The van der Waals surface area contributed by atoms with E-state index in [1.54, 1.807) is 11.8 Å². The van der Waals surface area contributed by atoms with E-state index in [0.29, 0.717) is 18.3 Å². The SMILES string of the molecule is C[C@@H]1Cc2ccccc2N1C(=O)[C@@H](C)OC(=O)C12C[C@H]3C[C@@H](CC(O)(C3)C1)C2. The number of esters is 1. The van der Waals surface area contributed by atoms with Crippen LogP contribution in [0.1, 0.15) is 57.9 Å². The second-order valence-electron chi connectivity index (χ2n) is 9.90. The summed E-state index contributed by atoms with van der Waals surface area (Å²) in [4.78, 5) is 28.1. The van der Waals surface area contributed by atoms with E-state index in [0.717, 1.165) is 49.8 Å². The molecule has 28 heavy (non-hydrogen) atoms. The summed E-state index contributed by atoms with van der Waals surface area (Å²) < 4.78 is 5.78. The molecule has 5 nitrogen and oxygen atoms in total. The van der Waals surface area contributed by atoms with Crippen molar-refractivity contribution in [3.8, 4) is 0 Å². The molecule has 1 aliphatic heterocycles. The molecule has 1 amide bonds. The second kappa shape index (κ2) is 6.06. The number of benzene rings is 1. The molecule has 5 heteroatoms. The standard InChI is InChI=1S/C23H29NO4/c1-14-7-18-5-3-4-6-19(18)24(14)20(25)15(2)28-21(26)22-9-16-8-17(10-22)12-23(27,11-16)13-22/h3-6,14-17,27H,7-13H2,1-2H3/t14-,15-,16-,17-,22?,23?/m1/s1. The highest BCUT2D eigenvalue weighted by atomic mass is 16.5. The predicted molar refractivity (Wildman–Crippen MR) is 105 cm³/mol. The van der Waals surface area contributed by atoms with Gasteiger partial charge < -0.3 is 14.7 Å². The minimum Gasteiger partial charge on any atom is -0.452 e. The summed E-state index contributed by atoms with van der Waals surface area (Å²) in [6.07, 6.45) is 4.85. The minimum absolute atomic E-state index is 0.0614. The van der Waals surface area contributed by atoms with Crippen molar-refractivity contribution in [2.24, 2.45) is 17.3 Å². The molecule has 0 saturated heterocycles. The van der Waals surface area contributed by atoms with Crippen molar-refractivity contribution >= 4 is 17.6 Å². The maximum Gasteiger partial charge on any atom is 0.312 e. The fourth-order valence-electron chi connectivity index (χ4n) is 6.89. The van der Waals surface area contributed by atoms with Crippen LogP contribution in [-0.2, 0) is 20.7 Å². The number of ether oxygens (including phenoxy) is 1. The van der Waals surface area contributed by atoms with Crippen LogP contribution in [0.15, 0.2) is 24.3 Å². The van der Waals surface area contributed by atoms with Gasteiger partial charge in [0, 0.05) is 11.7 Å². The van der Waals surface area contributed by atoms with E-state index >= 15 is 0 Å². The Morgan fingerprint density at radius 3 is 2.54 bits per heavy atom. The van der Waals surface area contributed by atoms with E-state index in [9.17, 15) is 14.7 Å². The number of fused-ring (bicyclic) bond motifs is 1. The summed E-state index contributed by atoms with van der Waals surface area (Å²) in [6.45, 7) is 3.71. The highest BCUT2D eigenvalue weighted by molar-refractivity contribution is 6.00. The molecule has 6 rings (SSSR count). The van der Waals surface area contributed by atoms with Gasteiger partial charge in [0.25, 0.3) is 5.91 Å². The Hall–Kier alpha value is -1.88. The third-order valence-electron chi connectivity index (χ3n) is 7.54. The third kappa shape index (κ3) is 2.70. The molecule has 150 valence electrons. The number of aliphatic hydroxyl groups is 1. The van der Waals surface area contributed by atoms with E-state index in [1.807, 2.05) is 31.2 Å². The van der Waals surface area contributed by atoms with Gasteiger partial charge in [-0.05, 0) is 82.3 Å². The number of nitrogens with zero attached hydrogens (tertiary/aromatic N) is 1. The molecule has 0 aromatic heterocycles. The van der Waals surface area contributed by atoms with Gasteiger partial charge >= 0.3 is 5.97 Å². The fourth-order valence-corrected chi connectivity index (χ4v) is 6.89. The molecule has 4 aliphatic carbocycles. The van der Waals surface area contributed by atoms with Crippen molar-refractivity contribution in [3.63, 3.8) is 0 Å². The van der Waals surface area contributed by atoms with Gasteiger partial charge in [-0.3, -0.25) is 9.59 Å². The number of rotatable bonds is 3. The first-order valence-electron chi connectivity index (χ1n) is 10.6. The van der Waals surface area contributed by atoms with Crippen molar-refractivity contribution in [3.05, 3.63) is 29.8 Å². The van der Waals surface area contributed by atoms with Crippen LogP contribution < -0.4 is 4.90 Å². The molecule has 0 radical (unpaired) electrons. The summed E-state index contributed by atoms with van der Waals surface area (Å²) in [6, 6.07) is 7.99. The smallest absolute Gasteiger partial charge is 0.312 e. The maximum absolute atomic E-state index is 13.2. The largest absolute Gasteiger partial charge is 0.452 e. The number of para-hydroxylation sites is 1. The molecule has 5 aliphatic rings. The van der Waals surface area contributed by atoms with Gasteiger partial charge in [-0.1, -0.05) is 18.2 Å². The van der Waals surface area contributed by atoms with E-state index < -0.39 is 17.1 Å². The van der Waals surface area contributed by atoms with Gasteiger partial charge in [-0.2, -0.15) is 0 Å². The van der Waals surface area contributed by atoms with Gasteiger partial charge in [-0.15, -0.1) is 0 Å². The van der Waals surface area contributed by atoms with Crippen molar-refractivity contribution in [1.29, 1.82) is 0 Å². The molecule has 4 fully saturated rings. The molecule has 1 aromatic rings. The Balaban J connectivity index is 1.33. The Bertz CT molecular complexity index is 820. The van der Waals surface area contributed by atoms with Crippen molar-refractivity contribution in [2.75, 3.05) is 4.90 Å². The Labute approximate surface area is 166 Å². The molecule has 1 aromatic carbocycles. The molecule has 4 atom stereocenters. The molecule has 4 saturated carbocycles. The fraction of sp³-hybridized carbons (Fsp3) is 0.652. The van der Waals surface area contributed by atoms with E-state index in [4.69, 9.17) is 4.74 Å². The monoisotopic (exact) mass is 383 g/mol. The number of hydrogen-bond acceptors (Lipinski definition) is 4. The van der Waals surface area contributed by atoms with Crippen molar-refractivity contribution in [1.82, 2.24) is 0 Å². The molecule has 1 heterocycles. The lowest BCUT2D eigenvalue weighted by Gasteiger charge is -2.58. The Morgan fingerprint density at radius 1 is 1.18 bits per heavy atom. The van der Waals surface area contributed by atoms with Crippen LogP contribution in [-0.4, -0.2) is 34.7 Å². The molecule has 0 unspecified atom stereocenters. The number of amides is 1. The van der Waals surface area contributed by atoms with Gasteiger partial charge in [-0.25, -0.2) is 0 Å². The lowest BCUT2D eigenvalue weighted by Crippen LogP contribution is -2.59. The zero-order valence-corrected chi connectivity index (χ0v) is 16.7. The van der Waals surface area contributed by atoms with Crippen LogP contribution >= 0.6 is 0 Å². The topological polar surface area (TPSA) is 66.8 Å². The second-order valence-corrected chi connectivity index (χ2v) is 9.90. The average molecular weight is 383 g/mol. The van der Waals surface area contributed by atoms with Crippen LogP contribution in [0, 0.1) is 17.3 Å². The zero-order valence-electron chi connectivity index (χ0n) is 16.7. The first-order chi connectivity index (χ1) is 13.3. The molecule has 4 bridgehead atoms. The molecular formula is C23H29NO4. The molecular weight excluding hydrogens is 354 g/mol. The summed E-state index contributed by atoms with van der Waals surface area (Å²) in [5, 5.41) is 10.9. The third-order valence-corrected chi connectivity index (χ3v) is 7.54. The quantitative estimate of drug-likeness (QED) is 0.814. The Morgan fingerprint density at radius 2 is 1.86 bits per heavy atom. The van der Waals surface area contributed by atoms with Crippen LogP contribution in [0.4, 0.5) is 5.69 Å². The highest BCUT2D eigenvalue weighted by Crippen LogP contribution is 2.62. The van der Waals surface area contributed by atoms with Gasteiger partial charge in [0.2, 0.25) is 0 Å². The van der Waals surface area contributed by atoms with Gasteiger partial charge in [0.15, 0.2) is 6.10 Å². The number of carbonyl (C=O) groups excluding carboxylic acids is 2. The molecule has 1 N–H and O–H groups in total. The number of anilines is 1. The van der Waals surface area contributed by atoms with Crippen LogP contribution in [0.5, 0.6) is 0 Å². The van der Waals surface area contributed by atoms with Crippen molar-refractivity contribution in [2.45, 2.75) is 76.5 Å². The van der Waals surface area contributed by atoms with Crippen molar-refractivity contribution < 1.29 is 19.4 Å². The lowest BCUT2D eigenvalue weighted by atomic mass is 9.48. The lowest BCUT2D eigenvalue weighted by molar-refractivity contribution is -0.199. The van der Waals surface area contributed by atoms with E-state index in [-0.39, 0.29) is 17.9 Å².